The average molecular weight is 719 g/mol. The van der Waals surface area contributed by atoms with Crippen LogP contribution in [0.5, 0.6) is 5.75 Å². The molecule has 0 atom stereocenters. The van der Waals surface area contributed by atoms with Crippen LogP contribution in [0.3, 0.4) is 0 Å². The molecule has 0 amide bonds. The number of para-hydroxylation sites is 2. The summed E-state index contributed by atoms with van der Waals surface area (Å²) in [6.45, 7) is 3.25. The van der Waals surface area contributed by atoms with E-state index < -0.39 is 22.0 Å². The van der Waals surface area contributed by atoms with Crippen molar-refractivity contribution in [2.75, 3.05) is 0 Å². The number of benzene rings is 4. The molecule has 0 unspecified atom stereocenters. The van der Waals surface area contributed by atoms with Crippen LogP contribution in [0.2, 0.25) is 0 Å². The molecule has 0 radical (unpaired) electrons. The van der Waals surface area contributed by atoms with E-state index in [9.17, 15) is 29.6 Å². The van der Waals surface area contributed by atoms with E-state index in [0.29, 0.717) is 22.8 Å². The van der Waals surface area contributed by atoms with E-state index in [-0.39, 0.29) is 76.0 Å². The number of nitro benzene ring substituents is 1. The van der Waals surface area contributed by atoms with Gasteiger partial charge in [0.25, 0.3) is 5.69 Å². The number of aryl methyl sites for hydroxylation is 2. The summed E-state index contributed by atoms with van der Waals surface area (Å²) in [6, 6.07) is 27.3. The number of non-ortho nitro benzene ring substituents is 1. The fourth-order valence-corrected chi connectivity index (χ4v) is 4.37. The Morgan fingerprint density at radius 1 is 0.745 bits per heavy atom. The molecule has 18 heteroatoms. The van der Waals surface area contributed by atoms with E-state index in [1.54, 1.807) is 74.5 Å². The van der Waals surface area contributed by atoms with Crippen LogP contribution in [0.1, 0.15) is 21.7 Å². The summed E-state index contributed by atoms with van der Waals surface area (Å²) < 4.78 is 2.43. The Balaban J connectivity index is 0.000000265. The number of nitro groups is 1. The number of carbonyl (C=O) groups is 1. The maximum Gasteiger partial charge on any atom is 1.00 e. The Morgan fingerprint density at radius 3 is 1.67 bits per heavy atom. The monoisotopic (exact) mass is 718 g/mol. The minimum Gasteiger partial charge on any atom is -0.506 e. The molecule has 6 aromatic rings. The number of hydrogen-bond acceptors (Lipinski definition) is 12. The molecule has 2 aromatic heterocycles. The summed E-state index contributed by atoms with van der Waals surface area (Å²) in [5.41, 5.74) is 1.00. The van der Waals surface area contributed by atoms with Crippen molar-refractivity contribution in [3.63, 3.8) is 0 Å². The molecule has 252 valence electrons. The number of carboxylic acid groups (broad SMARTS) is 1. The molecule has 51 heavy (non-hydrogen) atoms. The zero-order valence-corrected chi connectivity index (χ0v) is 28.5. The molecule has 6 rings (SSSR count). The molecule has 0 fully saturated rings. The first kappa shape index (κ1) is 39.3. The second-order valence-corrected chi connectivity index (χ2v) is 10.1. The van der Waals surface area contributed by atoms with Crippen molar-refractivity contribution in [2.45, 2.75) is 13.8 Å². The number of aromatic nitrogens is 4. The van der Waals surface area contributed by atoms with Crippen molar-refractivity contribution in [2.24, 2.45) is 20.5 Å². The largest absolute Gasteiger partial charge is 1.00 e. The van der Waals surface area contributed by atoms with E-state index in [0.717, 1.165) is 18.2 Å². The molecular formula is C33H25CrLiN9O7-. The smallest absolute Gasteiger partial charge is 0.506 e. The summed E-state index contributed by atoms with van der Waals surface area (Å²) in [4.78, 5) is 46.3. The molecule has 0 saturated carbocycles. The first-order valence-corrected chi connectivity index (χ1v) is 14.3. The SMILES string of the molecule is Cc1nn(-c2ccccc2)c(=O)[c-]1N=Nc1cc([N+](=O)[O-])ccc1O.Cc1nn(-c2ccccc2)c(=O)[c-]1N=Nc1ccccc1C(=O)O.[Cr].[Li+]. The van der Waals surface area contributed by atoms with Crippen LogP contribution >= 0.6 is 0 Å². The van der Waals surface area contributed by atoms with E-state index in [1.807, 2.05) is 12.1 Å². The third-order valence-corrected chi connectivity index (χ3v) is 6.80. The van der Waals surface area contributed by atoms with Crippen LogP contribution < -0.4 is 30.0 Å². The van der Waals surface area contributed by atoms with Gasteiger partial charge in [-0.2, -0.15) is 10.2 Å². The van der Waals surface area contributed by atoms with Crippen molar-refractivity contribution < 1.29 is 56.2 Å². The standard InChI is InChI=1S/C17H13N4O3.C16H12N5O4.Cr.Li/c1-11-15(16(22)21(20-11)12-7-3-2-4-8-12)19-18-14-10-6-5-9-13(14)17(23)24;1-10-15(16(23)20(19-10)11-5-3-2-4-6-11)18-17-13-9-12(21(24)25)7-8-14(13)22;;/h2-10H,1H3,(H,23,24);2-9,22H,1H3;;/q2*-1;;+1. The van der Waals surface area contributed by atoms with Crippen LogP contribution in [0.15, 0.2) is 133 Å². The van der Waals surface area contributed by atoms with Crippen molar-refractivity contribution in [1.29, 1.82) is 0 Å². The Bertz CT molecular complexity index is 2330. The second-order valence-electron chi connectivity index (χ2n) is 10.1. The van der Waals surface area contributed by atoms with E-state index in [2.05, 4.69) is 30.7 Å². The number of phenols is 1. The van der Waals surface area contributed by atoms with Gasteiger partial charge in [0, 0.05) is 29.5 Å². The van der Waals surface area contributed by atoms with Crippen LogP contribution in [0.25, 0.3) is 11.4 Å². The molecule has 2 N–H and O–H groups in total. The Hall–Kier alpha value is -6.10. The molecule has 16 nitrogen and oxygen atoms in total. The Labute approximate surface area is 311 Å². The summed E-state index contributed by atoms with van der Waals surface area (Å²) in [6.07, 6.45) is 0. The molecule has 2 heterocycles. The summed E-state index contributed by atoms with van der Waals surface area (Å²) >= 11 is 0. The zero-order valence-electron chi connectivity index (χ0n) is 27.2. The van der Waals surface area contributed by atoms with Crippen molar-refractivity contribution in [1.82, 2.24) is 19.6 Å². The van der Waals surface area contributed by atoms with Crippen molar-refractivity contribution in [3.8, 4) is 17.1 Å². The molecular weight excluding hydrogens is 693 g/mol. The summed E-state index contributed by atoms with van der Waals surface area (Å²) in [5.74, 6) is -1.39. The number of carboxylic acids is 1. The van der Waals surface area contributed by atoms with Crippen LogP contribution in [0.4, 0.5) is 28.4 Å². The number of hydrogen-bond donors (Lipinski definition) is 2. The number of phenolic OH excluding ortho intramolecular Hbond substituents is 1. The topological polar surface area (TPSA) is 220 Å². The average Bonchev–Trinajstić information content (AvgIpc) is 3.56. The number of rotatable bonds is 8. The van der Waals surface area contributed by atoms with Gasteiger partial charge < -0.3 is 30.0 Å². The number of azo groups is 2. The van der Waals surface area contributed by atoms with Crippen LogP contribution in [-0.2, 0) is 17.4 Å². The minimum absolute atomic E-state index is 0. The van der Waals surface area contributed by atoms with Gasteiger partial charge in [-0.15, -0.1) is 11.4 Å². The van der Waals surface area contributed by atoms with Gasteiger partial charge in [0.2, 0.25) is 0 Å². The van der Waals surface area contributed by atoms with Gasteiger partial charge in [0.05, 0.1) is 27.5 Å². The third kappa shape index (κ3) is 9.13. The predicted molar refractivity (Wildman–Crippen MR) is 177 cm³/mol. The minimum atomic E-state index is -1.11. The summed E-state index contributed by atoms with van der Waals surface area (Å²) in [5, 5.41) is 53.4. The van der Waals surface area contributed by atoms with Gasteiger partial charge in [0.1, 0.15) is 22.6 Å². The van der Waals surface area contributed by atoms with Gasteiger partial charge in [-0.3, -0.25) is 10.1 Å². The van der Waals surface area contributed by atoms with Crippen molar-refractivity contribution >= 4 is 34.4 Å². The number of aromatic carboxylic acids is 1. The molecule has 0 bridgehead atoms. The van der Waals surface area contributed by atoms with E-state index >= 15 is 0 Å². The first-order valence-electron chi connectivity index (χ1n) is 14.3. The maximum atomic E-state index is 12.5. The Kier molecular flexibility index (Phi) is 13.5. The molecule has 0 aliphatic carbocycles. The van der Waals surface area contributed by atoms with Gasteiger partial charge in [-0.05, 0) is 42.5 Å². The molecule has 0 aliphatic heterocycles. The quantitative estimate of drug-likeness (QED) is 0.0770. The number of aromatic hydroxyl groups is 1. The van der Waals surface area contributed by atoms with E-state index in [4.69, 9.17) is 5.11 Å². The predicted octanol–water partition coefficient (Wildman–Crippen LogP) is 3.66. The molecule has 0 aliphatic rings. The normalized spacial score (nSPS) is 10.6. The fraction of sp³-hybridized carbons (Fsp3) is 0.0606. The van der Waals surface area contributed by atoms with Gasteiger partial charge in [-0.1, -0.05) is 73.8 Å². The third-order valence-electron chi connectivity index (χ3n) is 6.80. The zero-order chi connectivity index (χ0) is 35.1. The maximum absolute atomic E-state index is 12.5. The Morgan fingerprint density at radius 2 is 1.20 bits per heavy atom. The first-order chi connectivity index (χ1) is 23.5. The van der Waals surface area contributed by atoms with Gasteiger partial charge in [0.15, 0.2) is 0 Å². The second kappa shape index (κ2) is 17.5. The van der Waals surface area contributed by atoms with Crippen LogP contribution in [-0.4, -0.2) is 40.7 Å². The molecule has 4 aromatic carbocycles. The molecule has 0 saturated heterocycles. The van der Waals surface area contributed by atoms with Crippen LogP contribution in [0, 0.1) is 24.0 Å². The fourth-order valence-electron chi connectivity index (χ4n) is 4.37. The van der Waals surface area contributed by atoms with Crippen molar-refractivity contribution in [3.05, 3.63) is 151 Å². The molecule has 0 spiro atoms. The van der Waals surface area contributed by atoms with E-state index in [1.165, 1.54) is 21.5 Å². The summed E-state index contributed by atoms with van der Waals surface area (Å²) in [7, 11) is 0. The van der Waals surface area contributed by atoms with Gasteiger partial charge in [-0.25, -0.2) is 24.4 Å². The number of nitrogens with zero attached hydrogens (tertiary/aromatic N) is 9. The van der Waals surface area contributed by atoms with Gasteiger partial charge >= 0.3 is 24.8 Å².